The van der Waals surface area contributed by atoms with E-state index in [1.165, 1.54) is 18.2 Å². The molecule has 134 valence electrons. The van der Waals surface area contributed by atoms with Gasteiger partial charge in [-0.15, -0.1) is 0 Å². The number of Topliss-reactive ketones (excluding diaryl/α,β-unsaturated/α-hetero) is 1. The van der Waals surface area contributed by atoms with Gasteiger partial charge in [0, 0.05) is 11.1 Å². The van der Waals surface area contributed by atoms with Crippen molar-refractivity contribution in [2.24, 2.45) is 0 Å². The van der Waals surface area contributed by atoms with E-state index in [1.807, 2.05) is 13.8 Å². The van der Waals surface area contributed by atoms with Crippen LogP contribution in [0.25, 0.3) is 0 Å². The fourth-order valence-electron chi connectivity index (χ4n) is 3.70. The predicted molar refractivity (Wildman–Crippen MR) is 91.4 cm³/mol. The molecule has 2 unspecified atom stereocenters. The lowest BCUT2D eigenvalue weighted by atomic mass is 9.86. The van der Waals surface area contributed by atoms with E-state index in [1.54, 1.807) is 18.2 Å². The molecule has 1 heterocycles. The number of fused-ring (bicyclic) bond motifs is 5. The molecule has 4 N–H and O–H groups in total. The third kappa shape index (κ3) is 1.84. The number of anilines is 1. The molecule has 0 fully saturated rings. The van der Waals surface area contributed by atoms with Crippen molar-refractivity contribution < 1.29 is 29.6 Å². The Morgan fingerprint density at radius 1 is 1.15 bits per heavy atom. The predicted octanol–water partition coefficient (Wildman–Crippen LogP) is 2.52. The maximum atomic E-state index is 13.1. The molecule has 1 aliphatic heterocycles. The van der Waals surface area contributed by atoms with Gasteiger partial charge in [0.2, 0.25) is 11.4 Å². The normalized spacial score (nSPS) is 25.5. The molecule has 1 aliphatic carbocycles. The molecule has 0 bridgehead atoms. The van der Waals surface area contributed by atoms with Gasteiger partial charge in [-0.1, -0.05) is 38.1 Å². The highest BCUT2D eigenvalue weighted by atomic mass is 16.7. The summed E-state index contributed by atoms with van der Waals surface area (Å²) < 4.78 is 5.68. The van der Waals surface area contributed by atoms with Crippen molar-refractivity contribution >= 4 is 17.6 Å². The average Bonchev–Trinajstić information content (AvgIpc) is 2.91. The molecular weight excluding hydrogens is 338 g/mol. The number of amides is 1. The number of ketones is 1. The second kappa shape index (κ2) is 5.06. The first kappa shape index (κ1) is 16.6. The van der Waals surface area contributed by atoms with E-state index in [2.05, 4.69) is 5.32 Å². The molecule has 7 nitrogen and oxygen atoms in total. The fraction of sp³-hybridized carbons (Fsp3) is 0.263. The number of hydrogen-bond acceptors (Lipinski definition) is 5. The quantitative estimate of drug-likeness (QED) is 0.658. The van der Waals surface area contributed by atoms with Gasteiger partial charge in [-0.2, -0.15) is 0 Å². The standard InChI is InChI=1S/C19H17NO6/c1-9(2)10-6-7-11-14(8-10)26-19(25)12-4-3-5-13(20-17(22)23)15(12)16(21)18(11,19)24/h3-9,20,24-25H,1-2H3,(H,22,23). The van der Waals surface area contributed by atoms with E-state index in [4.69, 9.17) is 9.84 Å². The molecular formula is C19H17NO6. The van der Waals surface area contributed by atoms with Crippen molar-refractivity contribution in [3.8, 4) is 5.75 Å². The summed E-state index contributed by atoms with van der Waals surface area (Å²) in [5.41, 5.74) is -1.33. The molecule has 2 aromatic carbocycles. The topological polar surface area (TPSA) is 116 Å². The summed E-state index contributed by atoms with van der Waals surface area (Å²) in [5, 5.41) is 33.5. The maximum Gasteiger partial charge on any atom is 0.409 e. The van der Waals surface area contributed by atoms with Gasteiger partial charge < -0.3 is 20.1 Å². The van der Waals surface area contributed by atoms with Crippen LogP contribution in [0.5, 0.6) is 5.75 Å². The van der Waals surface area contributed by atoms with Crippen molar-refractivity contribution in [2.45, 2.75) is 31.2 Å². The van der Waals surface area contributed by atoms with Crippen LogP contribution in [0, 0.1) is 0 Å². The van der Waals surface area contributed by atoms with Crippen LogP contribution >= 0.6 is 0 Å². The van der Waals surface area contributed by atoms with Crippen molar-refractivity contribution in [1.29, 1.82) is 0 Å². The highest BCUT2D eigenvalue weighted by molar-refractivity contribution is 6.14. The monoisotopic (exact) mass is 355 g/mol. The van der Waals surface area contributed by atoms with Crippen LogP contribution < -0.4 is 10.1 Å². The summed E-state index contributed by atoms with van der Waals surface area (Å²) in [4.78, 5) is 24.1. The molecule has 2 atom stereocenters. The Labute approximate surface area is 148 Å². The Morgan fingerprint density at radius 3 is 2.54 bits per heavy atom. The Balaban J connectivity index is 1.92. The lowest BCUT2D eigenvalue weighted by Crippen LogP contribution is -2.48. The minimum Gasteiger partial charge on any atom is -0.465 e. The maximum absolute atomic E-state index is 13.1. The number of hydrogen-bond donors (Lipinski definition) is 4. The molecule has 0 radical (unpaired) electrons. The number of rotatable bonds is 2. The molecule has 4 rings (SSSR count). The van der Waals surface area contributed by atoms with Crippen LogP contribution in [0.1, 0.15) is 46.8 Å². The van der Waals surface area contributed by atoms with E-state index in [0.717, 1.165) is 5.56 Å². The first-order valence-corrected chi connectivity index (χ1v) is 8.16. The highest BCUT2D eigenvalue weighted by Crippen LogP contribution is 2.59. The van der Waals surface area contributed by atoms with Crippen molar-refractivity contribution in [2.75, 3.05) is 5.32 Å². The molecule has 2 aliphatic rings. The van der Waals surface area contributed by atoms with Gasteiger partial charge in [-0.25, -0.2) is 4.79 Å². The number of aliphatic hydroxyl groups is 2. The zero-order valence-electron chi connectivity index (χ0n) is 14.1. The first-order valence-electron chi connectivity index (χ1n) is 8.16. The van der Waals surface area contributed by atoms with E-state index in [-0.39, 0.29) is 34.0 Å². The zero-order valence-corrected chi connectivity index (χ0v) is 14.1. The minimum absolute atomic E-state index is 0.0137. The van der Waals surface area contributed by atoms with Crippen LogP contribution in [0.15, 0.2) is 36.4 Å². The third-order valence-corrected chi connectivity index (χ3v) is 5.04. The smallest absolute Gasteiger partial charge is 0.409 e. The van der Waals surface area contributed by atoms with E-state index >= 15 is 0 Å². The van der Waals surface area contributed by atoms with E-state index < -0.39 is 23.3 Å². The van der Waals surface area contributed by atoms with Crippen molar-refractivity contribution in [3.63, 3.8) is 0 Å². The van der Waals surface area contributed by atoms with Crippen LogP contribution in [0.4, 0.5) is 10.5 Å². The Bertz CT molecular complexity index is 968. The summed E-state index contributed by atoms with van der Waals surface area (Å²) in [6.45, 7) is 3.98. The molecule has 0 saturated heterocycles. The summed E-state index contributed by atoms with van der Waals surface area (Å²) in [6.07, 6.45) is -1.36. The van der Waals surface area contributed by atoms with Gasteiger partial charge in [0.05, 0.1) is 11.3 Å². The second-order valence-corrected chi connectivity index (χ2v) is 6.85. The van der Waals surface area contributed by atoms with E-state index in [0.29, 0.717) is 0 Å². The Hall–Kier alpha value is -2.90. The lowest BCUT2D eigenvalue weighted by molar-refractivity contribution is -0.224. The average molecular weight is 355 g/mol. The second-order valence-electron chi connectivity index (χ2n) is 6.85. The lowest BCUT2D eigenvalue weighted by Gasteiger charge is -2.28. The number of benzene rings is 2. The van der Waals surface area contributed by atoms with E-state index in [9.17, 15) is 19.8 Å². The molecule has 0 spiro atoms. The highest BCUT2D eigenvalue weighted by Gasteiger charge is 2.71. The summed E-state index contributed by atoms with van der Waals surface area (Å²) in [5.74, 6) is -2.69. The first-order chi connectivity index (χ1) is 12.2. The molecule has 0 aromatic heterocycles. The number of ether oxygens (including phenoxy) is 1. The summed E-state index contributed by atoms with van der Waals surface area (Å²) in [7, 11) is 0. The number of nitrogens with one attached hydrogen (secondary N) is 1. The molecule has 26 heavy (non-hydrogen) atoms. The van der Waals surface area contributed by atoms with Gasteiger partial charge in [0.1, 0.15) is 5.75 Å². The van der Waals surface area contributed by atoms with Gasteiger partial charge >= 0.3 is 6.09 Å². The van der Waals surface area contributed by atoms with Gasteiger partial charge in [0.15, 0.2) is 0 Å². The Kier molecular flexibility index (Phi) is 3.22. The van der Waals surface area contributed by atoms with Gasteiger partial charge in [-0.05, 0) is 23.6 Å². The van der Waals surface area contributed by atoms with Crippen LogP contribution in [0.2, 0.25) is 0 Å². The van der Waals surface area contributed by atoms with Gasteiger partial charge in [-0.3, -0.25) is 10.1 Å². The molecule has 1 amide bonds. The summed E-state index contributed by atoms with van der Waals surface area (Å²) in [6, 6.07) is 9.34. The van der Waals surface area contributed by atoms with Crippen molar-refractivity contribution in [1.82, 2.24) is 0 Å². The third-order valence-electron chi connectivity index (χ3n) is 5.04. The Morgan fingerprint density at radius 2 is 1.88 bits per heavy atom. The number of carboxylic acid groups (broad SMARTS) is 1. The largest absolute Gasteiger partial charge is 0.465 e. The van der Waals surface area contributed by atoms with Crippen LogP contribution in [-0.2, 0) is 11.4 Å². The number of carbonyl (C=O) groups excluding carboxylic acids is 1. The fourth-order valence-corrected chi connectivity index (χ4v) is 3.70. The molecule has 2 aromatic rings. The van der Waals surface area contributed by atoms with Gasteiger partial charge in [0.25, 0.3) is 5.79 Å². The molecule has 7 heteroatoms. The summed E-state index contributed by atoms with van der Waals surface area (Å²) >= 11 is 0. The van der Waals surface area contributed by atoms with Crippen molar-refractivity contribution in [3.05, 3.63) is 58.7 Å². The zero-order chi connectivity index (χ0) is 18.9. The minimum atomic E-state index is -2.34. The SMILES string of the molecule is CC(C)c1ccc2c(c1)OC1(O)c3cccc(NC(=O)O)c3C(=O)C21O. The van der Waals surface area contributed by atoms with Crippen LogP contribution in [0.3, 0.4) is 0 Å². The number of carbonyl (C=O) groups is 2. The molecule has 0 saturated carbocycles. The van der Waals surface area contributed by atoms with Crippen LogP contribution in [-0.4, -0.2) is 27.2 Å².